The molecule has 5 nitrogen and oxygen atoms in total. The van der Waals surface area contributed by atoms with Gasteiger partial charge in [-0.15, -0.1) is 0 Å². The lowest BCUT2D eigenvalue weighted by atomic mass is 9.86. The molecule has 1 aliphatic rings. The summed E-state index contributed by atoms with van der Waals surface area (Å²) >= 11 is 0. The number of ketones is 1. The molecule has 0 fully saturated rings. The van der Waals surface area contributed by atoms with E-state index in [1.807, 2.05) is 44.2 Å². The predicted octanol–water partition coefficient (Wildman–Crippen LogP) is 4.82. The second kappa shape index (κ2) is 7.47. The lowest BCUT2D eigenvalue weighted by molar-refractivity contribution is -0.119. The Labute approximate surface area is 171 Å². The highest BCUT2D eigenvalue weighted by Crippen LogP contribution is 2.38. The molecule has 29 heavy (non-hydrogen) atoms. The van der Waals surface area contributed by atoms with Crippen molar-refractivity contribution in [1.29, 1.82) is 0 Å². The van der Waals surface area contributed by atoms with E-state index < -0.39 is 5.41 Å². The highest BCUT2D eigenvalue weighted by atomic mass is 16.2. The molecule has 5 heteroatoms. The van der Waals surface area contributed by atoms with Crippen molar-refractivity contribution in [2.45, 2.75) is 58.3 Å². The van der Waals surface area contributed by atoms with Gasteiger partial charge in [0.2, 0.25) is 11.8 Å². The van der Waals surface area contributed by atoms with Crippen molar-refractivity contribution >= 4 is 29.0 Å². The highest BCUT2D eigenvalue weighted by molar-refractivity contribution is 6.06. The molecule has 0 spiro atoms. The summed E-state index contributed by atoms with van der Waals surface area (Å²) in [5.74, 6) is -0.329. The number of hydrogen-bond donors (Lipinski definition) is 2. The Morgan fingerprint density at radius 1 is 1.00 bits per heavy atom. The quantitative estimate of drug-likeness (QED) is 0.717. The SMILES string of the molecule is CC(C)(C)c1ccc(C(=O)CCC(=O)Nc2ccc3c(c2)C(C)(C)C(=O)N3)cc1. The zero-order valence-electron chi connectivity index (χ0n) is 17.7. The summed E-state index contributed by atoms with van der Waals surface area (Å²) in [6.45, 7) is 10.1. The Balaban J connectivity index is 1.59. The van der Waals surface area contributed by atoms with Crippen LogP contribution in [0.4, 0.5) is 11.4 Å². The van der Waals surface area contributed by atoms with Gasteiger partial charge in [-0.05, 0) is 48.6 Å². The summed E-state index contributed by atoms with van der Waals surface area (Å²) < 4.78 is 0. The fourth-order valence-electron chi connectivity index (χ4n) is 3.40. The highest BCUT2D eigenvalue weighted by Gasteiger charge is 2.38. The summed E-state index contributed by atoms with van der Waals surface area (Å²) in [6, 6.07) is 13.0. The monoisotopic (exact) mass is 392 g/mol. The minimum atomic E-state index is -0.634. The molecule has 0 bridgehead atoms. The normalized spacial score (nSPS) is 14.9. The van der Waals surface area contributed by atoms with Crippen LogP contribution in [0.5, 0.6) is 0 Å². The molecule has 2 amide bonds. The maximum Gasteiger partial charge on any atom is 0.234 e. The van der Waals surface area contributed by atoms with Gasteiger partial charge in [-0.1, -0.05) is 45.0 Å². The van der Waals surface area contributed by atoms with Gasteiger partial charge in [0.1, 0.15) is 0 Å². The average molecular weight is 392 g/mol. The van der Waals surface area contributed by atoms with Crippen LogP contribution in [-0.4, -0.2) is 17.6 Å². The number of rotatable bonds is 5. The second-order valence-electron chi connectivity index (χ2n) is 9.14. The Morgan fingerprint density at radius 2 is 1.66 bits per heavy atom. The molecule has 0 saturated carbocycles. The van der Waals surface area contributed by atoms with Crippen molar-refractivity contribution in [3.8, 4) is 0 Å². The van der Waals surface area contributed by atoms with Crippen LogP contribution in [-0.2, 0) is 20.4 Å². The van der Waals surface area contributed by atoms with Crippen molar-refractivity contribution in [3.05, 3.63) is 59.2 Å². The Morgan fingerprint density at radius 3 is 2.28 bits per heavy atom. The van der Waals surface area contributed by atoms with Crippen molar-refractivity contribution in [1.82, 2.24) is 0 Å². The number of carbonyl (C=O) groups is 3. The Bertz CT molecular complexity index is 967. The third-order valence-electron chi connectivity index (χ3n) is 5.44. The zero-order valence-corrected chi connectivity index (χ0v) is 17.7. The third kappa shape index (κ3) is 4.39. The van der Waals surface area contributed by atoms with Crippen LogP contribution in [0.15, 0.2) is 42.5 Å². The minimum Gasteiger partial charge on any atom is -0.326 e. The summed E-state index contributed by atoms with van der Waals surface area (Å²) in [7, 11) is 0. The minimum absolute atomic E-state index is 0.0338. The lowest BCUT2D eigenvalue weighted by Gasteiger charge is -2.19. The predicted molar refractivity (Wildman–Crippen MR) is 115 cm³/mol. The van der Waals surface area contributed by atoms with Gasteiger partial charge in [0.05, 0.1) is 5.41 Å². The molecule has 0 aromatic heterocycles. The number of amides is 2. The molecule has 0 aliphatic carbocycles. The van der Waals surface area contributed by atoms with Crippen LogP contribution in [0.1, 0.15) is 68.9 Å². The van der Waals surface area contributed by atoms with Crippen LogP contribution in [0.25, 0.3) is 0 Å². The second-order valence-corrected chi connectivity index (χ2v) is 9.14. The number of benzene rings is 2. The first-order chi connectivity index (χ1) is 13.5. The van der Waals surface area contributed by atoms with Crippen molar-refractivity contribution in [2.75, 3.05) is 10.6 Å². The molecule has 152 valence electrons. The molecular formula is C24H28N2O3. The van der Waals surface area contributed by atoms with E-state index in [2.05, 4.69) is 31.4 Å². The maximum absolute atomic E-state index is 12.4. The summed E-state index contributed by atoms with van der Waals surface area (Å²) in [5.41, 5.74) is 3.44. The largest absolute Gasteiger partial charge is 0.326 e. The first-order valence-corrected chi connectivity index (χ1v) is 9.88. The topological polar surface area (TPSA) is 75.3 Å². The Kier molecular flexibility index (Phi) is 5.35. The number of carbonyl (C=O) groups excluding carboxylic acids is 3. The van der Waals surface area contributed by atoms with Gasteiger partial charge in [0, 0.05) is 29.8 Å². The smallest absolute Gasteiger partial charge is 0.234 e. The van der Waals surface area contributed by atoms with Crippen LogP contribution in [0.3, 0.4) is 0 Å². The molecule has 0 saturated heterocycles. The van der Waals surface area contributed by atoms with E-state index in [1.54, 1.807) is 12.1 Å². The number of Topliss-reactive ketones (excluding diaryl/α,β-unsaturated/α-hetero) is 1. The first-order valence-electron chi connectivity index (χ1n) is 9.88. The van der Waals surface area contributed by atoms with Gasteiger partial charge < -0.3 is 10.6 Å². The molecule has 3 rings (SSSR count). The van der Waals surface area contributed by atoms with E-state index in [1.165, 1.54) is 5.56 Å². The lowest BCUT2D eigenvalue weighted by Crippen LogP contribution is -2.26. The van der Waals surface area contributed by atoms with Gasteiger partial charge in [-0.25, -0.2) is 0 Å². The van der Waals surface area contributed by atoms with E-state index in [-0.39, 0.29) is 35.9 Å². The number of fused-ring (bicyclic) bond motifs is 1. The summed E-state index contributed by atoms with van der Waals surface area (Å²) in [5, 5.41) is 5.67. The van der Waals surface area contributed by atoms with Gasteiger partial charge >= 0.3 is 0 Å². The molecular weight excluding hydrogens is 364 g/mol. The number of hydrogen-bond acceptors (Lipinski definition) is 3. The molecule has 2 aromatic rings. The maximum atomic E-state index is 12.4. The number of nitrogens with one attached hydrogen (secondary N) is 2. The van der Waals surface area contributed by atoms with Crippen LogP contribution >= 0.6 is 0 Å². The summed E-state index contributed by atoms with van der Waals surface area (Å²) in [6.07, 6.45) is 0.259. The molecule has 0 atom stereocenters. The number of anilines is 2. The standard InChI is InChI=1S/C24H28N2O3/c1-23(2,3)16-8-6-15(7-9-16)20(27)12-13-21(28)25-17-10-11-19-18(14-17)24(4,5)22(29)26-19/h6-11,14H,12-13H2,1-5H3,(H,25,28)(H,26,29). The fourth-order valence-corrected chi connectivity index (χ4v) is 3.40. The van der Waals surface area contributed by atoms with Crippen LogP contribution in [0.2, 0.25) is 0 Å². The van der Waals surface area contributed by atoms with Gasteiger partial charge in [0.15, 0.2) is 5.78 Å². The van der Waals surface area contributed by atoms with E-state index >= 15 is 0 Å². The van der Waals surface area contributed by atoms with Gasteiger partial charge in [-0.2, -0.15) is 0 Å². The first kappa shape index (κ1) is 20.8. The molecule has 0 unspecified atom stereocenters. The molecule has 2 aromatic carbocycles. The van der Waals surface area contributed by atoms with E-state index in [9.17, 15) is 14.4 Å². The van der Waals surface area contributed by atoms with Crippen LogP contribution < -0.4 is 10.6 Å². The molecule has 0 radical (unpaired) electrons. The zero-order chi connectivity index (χ0) is 21.4. The van der Waals surface area contributed by atoms with Crippen molar-refractivity contribution in [3.63, 3.8) is 0 Å². The molecule has 2 N–H and O–H groups in total. The van der Waals surface area contributed by atoms with E-state index in [0.29, 0.717) is 11.3 Å². The molecule has 1 aliphatic heterocycles. The third-order valence-corrected chi connectivity index (χ3v) is 5.44. The van der Waals surface area contributed by atoms with Crippen LogP contribution in [0, 0.1) is 0 Å². The van der Waals surface area contributed by atoms with Crippen molar-refractivity contribution < 1.29 is 14.4 Å². The fraction of sp³-hybridized carbons (Fsp3) is 0.375. The summed E-state index contributed by atoms with van der Waals surface area (Å²) in [4.78, 5) is 36.8. The van der Waals surface area contributed by atoms with Gasteiger partial charge in [0.25, 0.3) is 0 Å². The van der Waals surface area contributed by atoms with Gasteiger partial charge in [-0.3, -0.25) is 14.4 Å². The van der Waals surface area contributed by atoms with Crippen molar-refractivity contribution in [2.24, 2.45) is 0 Å². The van der Waals surface area contributed by atoms with E-state index in [0.717, 1.165) is 11.3 Å². The Hall–Kier alpha value is -2.95. The average Bonchev–Trinajstić information content (AvgIpc) is 2.88. The molecule has 1 heterocycles. The van der Waals surface area contributed by atoms with E-state index in [4.69, 9.17) is 0 Å².